The van der Waals surface area contributed by atoms with Crippen LogP contribution in [0.5, 0.6) is 0 Å². The highest BCUT2D eigenvalue weighted by Crippen LogP contribution is 2.31. The first-order valence-electron chi connectivity index (χ1n) is 4.73. The molecule has 0 radical (unpaired) electrons. The number of aryl methyl sites for hydroxylation is 1. The zero-order valence-corrected chi connectivity index (χ0v) is 9.68. The summed E-state index contributed by atoms with van der Waals surface area (Å²) in [7, 11) is 1.67. The monoisotopic (exact) mass is 252 g/mol. The molecule has 2 N–H and O–H groups in total. The molecule has 0 saturated heterocycles. The average Bonchev–Trinajstić information content (AvgIpc) is 2.59. The van der Waals surface area contributed by atoms with Crippen LogP contribution in [0, 0.1) is 10.1 Å². The van der Waals surface area contributed by atoms with Gasteiger partial charge in [0.1, 0.15) is 11.5 Å². The van der Waals surface area contributed by atoms with Crippen molar-refractivity contribution in [1.82, 2.24) is 9.78 Å². The molecule has 17 heavy (non-hydrogen) atoms. The lowest BCUT2D eigenvalue weighted by Gasteiger charge is -1.99. The Hall–Kier alpha value is -2.08. The van der Waals surface area contributed by atoms with E-state index < -0.39 is 4.92 Å². The van der Waals surface area contributed by atoms with E-state index in [0.29, 0.717) is 22.1 Å². The zero-order valence-electron chi connectivity index (χ0n) is 8.92. The number of hydrogen-bond acceptors (Lipinski definition) is 4. The summed E-state index contributed by atoms with van der Waals surface area (Å²) < 4.78 is 1.45. The Labute approximate surface area is 102 Å². The summed E-state index contributed by atoms with van der Waals surface area (Å²) in [6.45, 7) is 0. The molecule has 1 aromatic heterocycles. The van der Waals surface area contributed by atoms with Gasteiger partial charge in [0.25, 0.3) is 5.69 Å². The molecule has 0 amide bonds. The van der Waals surface area contributed by atoms with E-state index in [4.69, 9.17) is 17.3 Å². The highest BCUT2D eigenvalue weighted by Gasteiger charge is 2.18. The van der Waals surface area contributed by atoms with Gasteiger partial charge in [0.2, 0.25) is 0 Å². The zero-order chi connectivity index (χ0) is 12.6. The van der Waals surface area contributed by atoms with E-state index in [1.165, 1.54) is 10.7 Å². The van der Waals surface area contributed by atoms with Gasteiger partial charge < -0.3 is 5.73 Å². The van der Waals surface area contributed by atoms with Crippen molar-refractivity contribution in [3.05, 3.63) is 39.4 Å². The Bertz CT molecular complexity index is 574. The van der Waals surface area contributed by atoms with Gasteiger partial charge in [-0.05, 0) is 12.1 Å². The number of aromatic nitrogens is 2. The van der Waals surface area contributed by atoms with Crippen LogP contribution in [0.4, 0.5) is 11.5 Å². The van der Waals surface area contributed by atoms with Gasteiger partial charge in [-0.25, -0.2) is 0 Å². The van der Waals surface area contributed by atoms with Crippen LogP contribution in [-0.4, -0.2) is 14.7 Å². The van der Waals surface area contributed by atoms with Crippen molar-refractivity contribution in [2.75, 3.05) is 5.73 Å². The maximum Gasteiger partial charge on any atom is 0.280 e. The number of benzene rings is 1. The lowest BCUT2D eigenvalue weighted by Crippen LogP contribution is -1.97. The van der Waals surface area contributed by atoms with Crippen molar-refractivity contribution in [3.8, 4) is 11.3 Å². The summed E-state index contributed by atoms with van der Waals surface area (Å²) in [6, 6.07) is 6.01. The predicted molar refractivity (Wildman–Crippen MR) is 64.7 cm³/mol. The van der Waals surface area contributed by atoms with Crippen LogP contribution < -0.4 is 5.73 Å². The number of hydrogen-bond donors (Lipinski definition) is 1. The van der Waals surface area contributed by atoms with Crippen molar-refractivity contribution in [2.45, 2.75) is 0 Å². The molecule has 2 rings (SSSR count). The topological polar surface area (TPSA) is 87.0 Å². The molecule has 0 aliphatic rings. The van der Waals surface area contributed by atoms with E-state index in [2.05, 4.69) is 5.10 Å². The quantitative estimate of drug-likeness (QED) is 0.656. The van der Waals surface area contributed by atoms with E-state index in [1.807, 2.05) is 0 Å². The Kier molecular flexibility index (Phi) is 2.72. The minimum Gasteiger partial charge on any atom is -0.384 e. The summed E-state index contributed by atoms with van der Waals surface area (Å²) in [5.74, 6) is 0.434. The van der Waals surface area contributed by atoms with Gasteiger partial charge >= 0.3 is 0 Å². The van der Waals surface area contributed by atoms with Gasteiger partial charge in [0.05, 0.1) is 10.5 Å². The number of nitrogens with two attached hydrogens (primary N) is 1. The standard InChI is InChI=1S/C10H9ClN4O2/c1-14-10(12)5-8(13-14)7-3-2-6(11)4-9(7)15(16)17/h2-5H,12H2,1H3. The predicted octanol–water partition coefficient (Wildman–Crippen LogP) is 2.23. The van der Waals surface area contributed by atoms with E-state index >= 15 is 0 Å². The molecule has 0 bridgehead atoms. The maximum absolute atomic E-state index is 10.9. The second kappa shape index (κ2) is 4.06. The van der Waals surface area contributed by atoms with Gasteiger partial charge in [-0.15, -0.1) is 0 Å². The molecule has 0 fully saturated rings. The molecule has 6 nitrogen and oxygen atoms in total. The molecular weight excluding hydrogens is 244 g/mol. The smallest absolute Gasteiger partial charge is 0.280 e. The minimum atomic E-state index is -0.494. The number of anilines is 1. The molecule has 0 spiro atoms. The molecular formula is C10H9ClN4O2. The molecule has 1 heterocycles. The fourth-order valence-electron chi connectivity index (χ4n) is 1.49. The summed E-state index contributed by atoms with van der Waals surface area (Å²) in [5.41, 5.74) is 6.40. The number of nitro groups is 1. The lowest BCUT2D eigenvalue weighted by atomic mass is 10.1. The van der Waals surface area contributed by atoms with Crippen LogP contribution in [0.3, 0.4) is 0 Å². The van der Waals surface area contributed by atoms with Crippen LogP contribution in [0.1, 0.15) is 0 Å². The fraction of sp³-hybridized carbons (Fsp3) is 0.100. The van der Waals surface area contributed by atoms with Crippen molar-refractivity contribution in [2.24, 2.45) is 7.05 Å². The van der Waals surface area contributed by atoms with Crippen molar-refractivity contribution in [3.63, 3.8) is 0 Å². The number of halogens is 1. The highest BCUT2D eigenvalue weighted by atomic mass is 35.5. The Morgan fingerprint density at radius 2 is 2.18 bits per heavy atom. The molecule has 0 saturated carbocycles. The van der Waals surface area contributed by atoms with Gasteiger partial charge in [0, 0.05) is 24.2 Å². The SMILES string of the molecule is Cn1nc(-c2ccc(Cl)cc2[N+](=O)[O-])cc1N. The summed E-state index contributed by atoms with van der Waals surface area (Å²) in [6.07, 6.45) is 0. The second-order valence-corrected chi connectivity index (χ2v) is 3.93. The molecule has 0 unspecified atom stereocenters. The maximum atomic E-state index is 10.9. The van der Waals surface area contributed by atoms with E-state index in [9.17, 15) is 10.1 Å². The van der Waals surface area contributed by atoms with Gasteiger partial charge in [-0.3, -0.25) is 14.8 Å². The summed E-state index contributed by atoms with van der Waals surface area (Å²) in [5, 5.41) is 15.3. The molecule has 7 heteroatoms. The van der Waals surface area contributed by atoms with Crippen LogP contribution >= 0.6 is 11.6 Å². The van der Waals surface area contributed by atoms with Crippen LogP contribution in [0.25, 0.3) is 11.3 Å². The number of nitrogen functional groups attached to an aromatic ring is 1. The fourth-order valence-corrected chi connectivity index (χ4v) is 1.65. The van der Waals surface area contributed by atoms with Gasteiger partial charge in [-0.1, -0.05) is 11.6 Å². The second-order valence-electron chi connectivity index (χ2n) is 3.50. The van der Waals surface area contributed by atoms with Crippen LogP contribution in [0.2, 0.25) is 5.02 Å². The Morgan fingerprint density at radius 3 is 2.71 bits per heavy atom. The number of nitro benzene ring substituents is 1. The normalized spacial score (nSPS) is 10.5. The molecule has 0 aliphatic heterocycles. The van der Waals surface area contributed by atoms with Crippen molar-refractivity contribution >= 4 is 23.1 Å². The first-order valence-corrected chi connectivity index (χ1v) is 5.10. The molecule has 2 aromatic rings. The lowest BCUT2D eigenvalue weighted by molar-refractivity contribution is -0.384. The molecule has 1 aromatic carbocycles. The average molecular weight is 253 g/mol. The number of rotatable bonds is 2. The van der Waals surface area contributed by atoms with Gasteiger partial charge in [-0.2, -0.15) is 5.10 Å². The first kappa shape index (κ1) is 11.4. The third kappa shape index (κ3) is 2.07. The van der Waals surface area contributed by atoms with E-state index in [1.54, 1.807) is 25.2 Å². The number of nitrogens with zero attached hydrogens (tertiary/aromatic N) is 3. The third-order valence-electron chi connectivity index (χ3n) is 2.35. The molecule has 0 atom stereocenters. The van der Waals surface area contributed by atoms with Crippen LogP contribution in [0.15, 0.2) is 24.3 Å². The van der Waals surface area contributed by atoms with Crippen molar-refractivity contribution < 1.29 is 4.92 Å². The largest absolute Gasteiger partial charge is 0.384 e. The summed E-state index contributed by atoms with van der Waals surface area (Å²) in [4.78, 5) is 10.4. The first-order chi connectivity index (χ1) is 7.99. The molecule has 0 aliphatic carbocycles. The highest BCUT2D eigenvalue weighted by molar-refractivity contribution is 6.30. The Balaban J connectivity index is 2.62. The minimum absolute atomic E-state index is 0.0874. The third-order valence-corrected chi connectivity index (χ3v) is 2.58. The molecule has 88 valence electrons. The van der Waals surface area contributed by atoms with Crippen LogP contribution in [-0.2, 0) is 7.05 Å². The Morgan fingerprint density at radius 1 is 1.47 bits per heavy atom. The van der Waals surface area contributed by atoms with Gasteiger partial charge in [0.15, 0.2) is 0 Å². The van der Waals surface area contributed by atoms with Crippen molar-refractivity contribution in [1.29, 1.82) is 0 Å². The van der Waals surface area contributed by atoms with E-state index in [-0.39, 0.29) is 5.69 Å². The summed E-state index contributed by atoms with van der Waals surface area (Å²) >= 11 is 5.73. The van der Waals surface area contributed by atoms with E-state index in [0.717, 1.165) is 0 Å².